The second kappa shape index (κ2) is 6.03. The van der Waals surface area contributed by atoms with Crippen molar-refractivity contribution >= 4 is 28.5 Å². The van der Waals surface area contributed by atoms with E-state index in [0.717, 1.165) is 5.75 Å². The Balaban J connectivity index is 1.79. The number of carbonyl (C=O) groups is 1. The maximum Gasteiger partial charge on any atom is 0.335 e. The molecule has 2 unspecified atom stereocenters. The number of carboxylic acids is 1. The summed E-state index contributed by atoms with van der Waals surface area (Å²) >= 11 is 1.79. The zero-order chi connectivity index (χ0) is 14.8. The predicted molar refractivity (Wildman–Crippen MR) is 84.6 cm³/mol. The Morgan fingerprint density at radius 3 is 2.86 bits per heavy atom. The fraction of sp³-hybridized carbons (Fsp3) is 0.188. The molecule has 0 fully saturated rings. The fourth-order valence-corrected chi connectivity index (χ4v) is 5.16. The Labute approximate surface area is 129 Å². The zero-order valence-corrected chi connectivity index (χ0v) is 12.8. The van der Waals surface area contributed by atoms with Gasteiger partial charge in [0.2, 0.25) is 0 Å². The molecule has 2 aromatic rings. The van der Waals surface area contributed by atoms with E-state index in [2.05, 4.69) is 12.1 Å². The highest BCUT2D eigenvalue weighted by Crippen LogP contribution is 2.40. The van der Waals surface area contributed by atoms with E-state index in [1.165, 1.54) is 22.6 Å². The maximum absolute atomic E-state index is 12.5. The maximum atomic E-state index is 12.5. The van der Waals surface area contributed by atoms with Crippen LogP contribution < -0.4 is 0 Å². The number of thioether (sulfide) groups is 1. The van der Waals surface area contributed by atoms with Gasteiger partial charge < -0.3 is 5.11 Å². The molecule has 2 aromatic carbocycles. The first-order chi connectivity index (χ1) is 10.1. The molecule has 21 heavy (non-hydrogen) atoms. The summed E-state index contributed by atoms with van der Waals surface area (Å²) in [6, 6.07) is 14.6. The molecular weight excluding hydrogens is 304 g/mol. The van der Waals surface area contributed by atoms with Crippen LogP contribution in [-0.2, 0) is 10.8 Å². The molecule has 1 heterocycles. The molecule has 0 radical (unpaired) electrons. The van der Waals surface area contributed by atoms with E-state index < -0.39 is 16.8 Å². The van der Waals surface area contributed by atoms with Gasteiger partial charge in [-0.15, -0.1) is 11.8 Å². The molecule has 108 valence electrons. The number of benzene rings is 2. The lowest BCUT2D eigenvalue weighted by Crippen LogP contribution is -2.10. The summed E-state index contributed by atoms with van der Waals surface area (Å²) in [5.41, 5.74) is 1.44. The third-order valence-corrected chi connectivity index (χ3v) is 6.23. The molecule has 3 nitrogen and oxygen atoms in total. The van der Waals surface area contributed by atoms with E-state index in [0.29, 0.717) is 10.6 Å². The zero-order valence-electron chi connectivity index (χ0n) is 11.2. The van der Waals surface area contributed by atoms with Gasteiger partial charge in [0.1, 0.15) is 0 Å². The summed E-state index contributed by atoms with van der Waals surface area (Å²) in [5.74, 6) is 0.743. The molecule has 1 aliphatic rings. The van der Waals surface area contributed by atoms with Crippen molar-refractivity contribution in [3.8, 4) is 0 Å². The first-order valence-corrected chi connectivity index (χ1v) is 8.89. The molecule has 1 N–H and O–H groups in total. The number of hydrogen-bond acceptors (Lipinski definition) is 3. The quantitative estimate of drug-likeness (QED) is 0.939. The molecule has 0 amide bonds. The van der Waals surface area contributed by atoms with Crippen molar-refractivity contribution < 1.29 is 14.1 Å². The molecule has 1 aliphatic heterocycles. The van der Waals surface area contributed by atoms with Gasteiger partial charge in [-0.1, -0.05) is 24.3 Å². The standard InChI is InChI=1S/C16H14O3S2/c17-16(18)11-4-3-5-13(8-11)21(19)10-12-9-20-15-7-2-1-6-14(12)15/h1-8,12H,9-10H2,(H,17,18). The molecule has 0 saturated heterocycles. The third-order valence-electron chi connectivity index (χ3n) is 3.50. The van der Waals surface area contributed by atoms with Crippen LogP contribution in [0.2, 0.25) is 0 Å². The van der Waals surface area contributed by atoms with Gasteiger partial charge in [0.05, 0.1) is 16.4 Å². The Bertz CT molecular complexity index is 712. The first kappa shape index (κ1) is 14.4. The Morgan fingerprint density at radius 2 is 2.05 bits per heavy atom. The van der Waals surface area contributed by atoms with Crippen LogP contribution in [0.15, 0.2) is 58.3 Å². The normalized spacial score (nSPS) is 18.2. The average Bonchev–Trinajstić information content (AvgIpc) is 2.91. The summed E-state index contributed by atoms with van der Waals surface area (Å²) in [6.07, 6.45) is 0. The first-order valence-electron chi connectivity index (χ1n) is 6.58. The van der Waals surface area contributed by atoms with Crippen molar-refractivity contribution in [2.75, 3.05) is 11.5 Å². The van der Waals surface area contributed by atoms with E-state index in [-0.39, 0.29) is 11.5 Å². The van der Waals surface area contributed by atoms with E-state index in [1.54, 1.807) is 23.9 Å². The van der Waals surface area contributed by atoms with Crippen molar-refractivity contribution in [2.45, 2.75) is 15.7 Å². The van der Waals surface area contributed by atoms with Gasteiger partial charge >= 0.3 is 5.97 Å². The lowest BCUT2D eigenvalue weighted by atomic mass is 10.0. The number of hydrogen-bond donors (Lipinski definition) is 1. The van der Waals surface area contributed by atoms with Crippen molar-refractivity contribution in [1.82, 2.24) is 0 Å². The Hall–Kier alpha value is -1.59. The minimum atomic E-state index is -1.18. The molecule has 0 bridgehead atoms. The molecule has 0 aliphatic carbocycles. The van der Waals surface area contributed by atoms with Crippen LogP contribution >= 0.6 is 11.8 Å². The second-order valence-electron chi connectivity index (χ2n) is 4.89. The number of aromatic carboxylic acids is 1. The van der Waals surface area contributed by atoms with Crippen LogP contribution in [0.25, 0.3) is 0 Å². The number of fused-ring (bicyclic) bond motifs is 1. The van der Waals surface area contributed by atoms with Gasteiger partial charge in [-0.05, 0) is 29.8 Å². The van der Waals surface area contributed by atoms with Crippen LogP contribution in [0.4, 0.5) is 0 Å². The highest BCUT2D eigenvalue weighted by atomic mass is 32.2. The lowest BCUT2D eigenvalue weighted by Gasteiger charge is -2.10. The molecule has 5 heteroatoms. The van der Waals surface area contributed by atoms with E-state index >= 15 is 0 Å². The van der Waals surface area contributed by atoms with Crippen LogP contribution in [0.3, 0.4) is 0 Å². The fourth-order valence-electron chi connectivity index (χ4n) is 2.42. The Kier molecular flexibility index (Phi) is 4.12. The summed E-state index contributed by atoms with van der Waals surface area (Å²) in [5, 5.41) is 9.00. The van der Waals surface area contributed by atoms with Crippen molar-refractivity contribution in [3.63, 3.8) is 0 Å². The average molecular weight is 318 g/mol. The summed E-state index contributed by atoms with van der Waals surface area (Å²) in [7, 11) is -1.18. The van der Waals surface area contributed by atoms with Crippen LogP contribution in [0, 0.1) is 0 Å². The molecule has 0 spiro atoms. The van der Waals surface area contributed by atoms with Crippen LogP contribution in [0.5, 0.6) is 0 Å². The molecular formula is C16H14O3S2. The number of rotatable bonds is 4. The minimum Gasteiger partial charge on any atom is -0.478 e. The van der Waals surface area contributed by atoms with Gasteiger partial charge in [-0.3, -0.25) is 4.21 Å². The molecule has 0 aromatic heterocycles. The summed E-state index contributed by atoms with van der Waals surface area (Å²) in [4.78, 5) is 12.8. The van der Waals surface area contributed by atoms with Gasteiger partial charge in [0, 0.05) is 27.2 Å². The van der Waals surface area contributed by atoms with Gasteiger partial charge in [-0.2, -0.15) is 0 Å². The van der Waals surface area contributed by atoms with E-state index in [4.69, 9.17) is 5.11 Å². The SMILES string of the molecule is O=C(O)c1cccc(S(=O)CC2CSc3ccccc32)c1. The molecule has 3 rings (SSSR count). The largest absolute Gasteiger partial charge is 0.478 e. The summed E-state index contributed by atoms with van der Waals surface area (Å²) in [6.45, 7) is 0. The second-order valence-corrected chi connectivity index (χ2v) is 7.45. The smallest absolute Gasteiger partial charge is 0.335 e. The third kappa shape index (κ3) is 3.04. The topological polar surface area (TPSA) is 54.4 Å². The Morgan fingerprint density at radius 1 is 1.24 bits per heavy atom. The van der Waals surface area contributed by atoms with Crippen molar-refractivity contribution in [2.24, 2.45) is 0 Å². The van der Waals surface area contributed by atoms with E-state index in [1.807, 2.05) is 12.1 Å². The summed E-state index contributed by atoms with van der Waals surface area (Å²) < 4.78 is 12.5. The van der Waals surface area contributed by atoms with Crippen molar-refractivity contribution in [3.05, 3.63) is 59.7 Å². The van der Waals surface area contributed by atoms with E-state index in [9.17, 15) is 9.00 Å². The highest BCUT2D eigenvalue weighted by Gasteiger charge is 2.25. The van der Waals surface area contributed by atoms with Crippen molar-refractivity contribution in [1.29, 1.82) is 0 Å². The molecule has 0 saturated carbocycles. The highest BCUT2D eigenvalue weighted by molar-refractivity contribution is 7.99. The van der Waals surface area contributed by atoms with Gasteiger partial charge in [0.25, 0.3) is 0 Å². The minimum absolute atomic E-state index is 0.182. The lowest BCUT2D eigenvalue weighted by molar-refractivity contribution is 0.0696. The van der Waals surface area contributed by atoms with Crippen LogP contribution in [-0.4, -0.2) is 26.8 Å². The van der Waals surface area contributed by atoms with Crippen LogP contribution in [0.1, 0.15) is 21.8 Å². The monoisotopic (exact) mass is 318 g/mol. The molecule has 2 atom stereocenters. The van der Waals surface area contributed by atoms with Gasteiger partial charge in [0.15, 0.2) is 0 Å². The number of carboxylic acid groups (broad SMARTS) is 1. The van der Waals surface area contributed by atoms with Gasteiger partial charge in [-0.25, -0.2) is 4.79 Å². The predicted octanol–water partition coefficient (Wildman–Crippen LogP) is 3.38.